The van der Waals surface area contributed by atoms with Crippen LogP contribution in [-0.4, -0.2) is 22.0 Å². The van der Waals surface area contributed by atoms with Crippen molar-refractivity contribution in [1.82, 2.24) is 4.98 Å². The molecule has 0 aliphatic carbocycles. The van der Waals surface area contributed by atoms with Crippen molar-refractivity contribution >= 4 is 28.3 Å². The largest absolute Gasteiger partial charge is 0.481 e. The van der Waals surface area contributed by atoms with E-state index >= 15 is 0 Å². The van der Waals surface area contributed by atoms with Gasteiger partial charge in [-0.05, 0) is 12.5 Å². The molecule has 2 N–H and O–H groups in total. The third kappa shape index (κ3) is 3.89. The third-order valence-corrected chi connectivity index (χ3v) is 3.73. The first-order valence-corrected chi connectivity index (χ1v) is 6.88. The van der Waals surface area contributed by atoms with Gasteiger partial charge in [-0.1, -0.05) is 30.3 Å². The van der Waals surface area contributed by atoms with Gasteiger partial charge in [0.15, 0.2) is 5.13 Å². The number of aryl methyl sites for hydroxylation is 1. The monoisotopic (exact) mass is 290 g/mol. The van der Waals surface area contributed by atoms with Gasteiger partial charge in [0.05, 0.1) is 18.5 Å². The van der Waals surface area contributed by atoms with E-state index in [9.17, 15) is 9.59 Å². The van der Waals surface area contributed by atoms with Crippen molar-refractivity contribution in [2.75, 3.05) is 5.32 Å². The number of benzene rings is 1. The summed E-state index contributed by atoms with van der Waals surface area (Å²) in [6.45, 7) is 1.74. The van der Waals surface area contributed by atoms with Gasteiger partial charge in [0.2, 0.25) is 5.91 Å². The van der Waals surface area contributed by atoms with Crippen LogP contribution in [0.4, 0.5) is 5.13 Å². The Morgan fingerprint density at radius 1 is 1.25 bits per heavy atom. The van der Waals surface area contributed by atoms with Gasteiger partial charge in [-0.15, -0.1) is 11.3 Å². The molecule has 2 aromatic rings. The standard InChI is InChI=1S/C14H14N2O3S/c1-9-11(8-13(18)19)20-14(15-9)16-12(17)7-10-5-3-2-4-6-10/h2-6H,7-8H2,1H3,(H,18,19)(H,15,16,17). The van der Waals surface area contributed by atoms with Gasteiger partial charge in [-0.3, -0.25) is 9.59 Å². The van der Waals surface area contributed by atoms with Crippen molar-refractivity contribution in [3.63, 3.8) is 0 Å². The number of carbonyl (C=O) groups is 2. The molecule has 2 rings (SSSR count). The average molecular weight is 290 g/mol. The summed E-state index contributed by atoms with van der Waals surface area (Å²) < 4.78 is 0. The average Bonchev–Trinajstić information content (AvgIpc) is 2.69. The number of carbonyl (C=O) groups excluding carboxylic acids is 1. The molecule has 0 saturated heterocycles. The van der Waals surface area contributed by atoms with E-state index in [-0.39, 0.29) is 18.7 Å². The molecule has 6 heteroatoms. The highest BCUT2D eigenvalue weighted by Crippen LogP contribution is 2.23. The highest BCUT2D eigenvalue weighted by Gasteiger charge is 2.13. The second-order valence-corrected chi connectivity index (χ2v) is 5.39. The lowest BCUT2D eigenvalue weighted by Gasteiger charge is -2.01. The fourth-order valence-corrected chi connectivity index (χ4v) is 2.70. The predicted octanol–water partition coefficient (Wildman–Crippen LogP) is 2.26. The molecule has 0 aliphatic heterocycles. The quantitative estimate of drug-likeness (QED) is 0.885. The number of thiazole rings is 1. The number of amides is 1. The number of hydrogen-bond donors (Lipinski definition) is 2. The van der Waals surface area contributed by atoms with Gasteiger partial charge in [0.25, 0.3) is 0 Å². The molecule has 1 heterocycles. The number of carboxylic acid groups (broad SMARTS) is 1. The molecule has 104 valence electrons. The Kier molecular flexibility index (Phi) is 4.47. The number of anilines is 1. The Morgan fingerprint density at radius 2 is 1.95 bits per heavy atom. The number of nitrogens with one attached hydrogen (secondary N) is 1. The number of nitrogens with zero attached hydrogens (tertiary/aromatic N) is 1. The van der Waals surface area contributed by atoms with Gasteiger partial charge in [0, 0.05) is 4.88 Å². The highest BCUT2D eigenvalue weighted by atomic mass is 32.1. The van der Waals surface area contributed by atoms with Gasteiger partial charge in [-0.25, -0.2) is 4.98 Å². The van der Waals surface area contributed by atoms with E-state index in [0.717, 1.165) is 5.56 Å². The van der Waals surface area contributed by atoms with Crippen LogP contribution in [0.25, 0.3) is 0 Å². The first-order valence-electron chi connectivity index (χ1n) is 6.06. The van der Waals surface area contributed by atoms with Gasteiger partial charge >= 0.3 is 5.97 Å². The molecule has 1 aromatic heterocycles. The minimum Gasteiger partial charge on any atom is -0.481 e. The van der Waals surface area contributed by atoms with Crippen LogP contribution < -0.4 is 5.32 Å². The molecule has 0 unspecified atom stereocenters. The van der Waals surface area contributed by atoms with Crippen molar-refractivity contribution < 1.29 is 14.7 Å². The molecule has 0 atom stereocenters. The van der Waals surface area contributed by atoms with Crippen molar-refractivity contribution in [2.45, 2.75) is 19.8 Å². The Hall–Kier alpha value is -2.21. The molecular formula is C14H14N2O3S. The second-order valence-electron chi connectivity index (χ2n) is 4.31. The number of aromatic nitrogens is 1. The van der Waals surface area contributed by atoms with E-state index in [1.165, 1.54) is 11.3 Å². The Bertz CT molecular complexity index is 623. The maximum atomic E-state index is 11.9. The molecule has 5 nitrogen and oxygen atoms in total. The summed E-state index contributed by atoms with van der Waals surface area (Å²) in [5.74, 6) is -1.06. The number of carboxylic acids is 1. The van der Waals surface area contributed by atoms with Crippen molar-refractivity contribution in [3.8, 4) is 0 Å². The summed E-state index contributed by atoms with van der Waals surface area (Å²) in [6.07, 6.45) is 0.200. The summed E-state index contributed by atoms with van der Waals surface area (Å²) in [7, 11) is 0. The Morgan fingerprint density at radius 3 is 2.60 bits per heavy atom. The molecule has 1 amide bonds. The molecule has 0 aliphatic rings. The third-order valence-electron chi connectivity index (χ3n) is 2.66. The van der Waals surface area contributed by atoms with Crippen LogP contribution in [-0.2, 0) is 22.4 Å². The zero-order valence-electron chi connectivity index (χ0n) is 10.9. The maximum absolute atomic E-state index is 11.9. The summed E-state index contributed by atoms with van der Waals surface area (Å²) in [4.78, 5) is 27.4. The van der Waals surface area contributed by atoms with Crippen LogP contribution in [0.2, 0.25) is 0 Å². The zero-order chi connectivity index (χ0) is 14.5. The molecule has 0 saturated carbocycles. The van der Waals surface area contributed by atoms with Crippen LogP contribution >= 0.6 is 11.3 Å². The van der Waals surface area contributed by atoms with E-state index in [1.807, 2.05) is 30.3 Å². The summed E-state index contributed by atoms with van der Waals surface area (Å²) in [6, 6.07) is 9.40. The zero-order valence-corrected chi connectivity index (χ0v) is 11.7. The Labute approximate surface area is 120 Å². The van der Waals surface area contributed by atoms with Crippen LogP contribution in [0.1, 0.15) is 16.1 Å². The first kappa shape index (κ1) is 14.2. The van der Waals surface area contributed by atoms with Gasteiger partial charge < -0.3 is 10.4 Å². The highest BCUT2D eigenvalue weighted by molar-refractivity contribution is 7.16. The minimum atomic E-state index is -0.904. The van der Waals surface area contributed by atoms with Gasteiger partial charge in [-0.2, -0.15) is 0 Å². The van der Waals surface area contributed by atoms with E-state index in [2.05, 4.69) is 10.3 Å². The summed E-state index contributed by atoms with van der Waals surface area (Å²) in [5.41, 5.74) is 1.57. The number of hydrogen-bond acceptors (Lipinski definition) is 4. The van der Waals surface area contributed by atoms with E-state index in [0.29, 0.717) is 15.7 Å². The molecule has 20 heavy (non-hydrogen) atoms. The minimum absolute atomic E-state index is 0.0714. The number of aliphatic carboxylic acids is 1. The fourth-order valence-electron chi connectivity index (χ4n) is 1.73. The maximum Gasteiger partial charge on any atom is 0.308 e. The molecule has 0 spiro atoms. The molecule has 0 fully saturated rings. The summed E-state index contributed by atoms with van der Waals surface area (Å²) in [5, 5.41) is 11.9. The van der Waals surface area contributed by atoms with E-state index in [1.54, 1.807) is 6.92 Å². The predicted molar refractivity (Wildman–Crippen MR) is 77.0 cm³/mol. The second kappa shape index (κ2) is 6.29. The van der Waals surface area contributed by atoms with Crippen LogP contribution in [0.5, 0.6) is 0 Å². The van der Waals surface area contributed by atoms with E-state index < -0.39 is 5.97 Å². The van der Waals surface area contributed by atoms with Crippen molar-refractivity contribution in [1.29, 1.82) is 0 Å². The van der Waals surface area contributed by atoms with Crippen LogP contribution in [0, 0.1) is 6.92 Å². The topological polar surface area (TPSA) is 79.3 Å². The molecule has 1 aromatic carbocycles. The van der Waals surface area contributed by atoms with Crippen LogP contribution in [0.15, 0.2) is 30.3 Å². The summed E-state index contributed by atoms with van der Waals surface area (Å²) >= 11 is 1.20. The normalized spacial score (nSPS) is 10.2. The van der Waals surface area contributed by atoms with Crippen molar-refractivity contribution in [2.24, 2.45) is 0 Å². The lowest BCUT2D eigenvalue weighted by Crippen LogP contribution is -2.14. The molecule has 0 radical (unpaired) electrons. The molecular weight excluding hydrogens is 276 g/mol. The lowest BCUT2D eigenvalue weighted by atomic mass is 10.1. The fraction of sp³-hybridized carbons (Fsp3) is 0.214. The first-order chi connectivity index (χ1) is 9.54. The lowest BCUT2D eigenvalue weighted by molar-refractivity contribution is -0.136. The van der Waals surface area contributed by atoms with Gasteiger partial charge in [0.1, 0.15) is 0 Å². The van der Waals surface area contributed by atoms with Crippen LogP contribution in [0.3, 0.4) is 0 Å². The molecule has 0 bridgehead atoms. The van der Waals surface area contributed by atoms with E-state index in [4.69, 9.17) is 5.11 Å². The Balaban J connectivity index is 1.99. The SMILES string of the molecule is Cc1nc(NC(=O)Cc2ccccc2)sc1CC(=O)O. The van der Waals surface area contributed by atoms with Crippen molar-refractivity contribution in [3.05, 3.63) is 46.5 Å². The smallest absolute Gasteiger partial charge is 0.308 e. The number of rotatable bonds is 5.